The van der Waals surface area contributed by atoms with Gasteiger partial charge in [0.05, 0.1) is 18.7 Å². The smallest absolute Gasteiger partial charge is 0.237 e. The van der Waals surface area contributed by atoms with Crippen molar-refractivity contribution in [3.05, 3.63) is 65.7 Å². The number of amides is 1. The van der Waals surface area contributed by atoms with Crippen LogP contribution in [0.25, 0.3) is 0 Å². The number of carbonyl (C=O) groups excluding carboxylic acids is 1. The van der Waals surface area contributed by atoms with Crippen molar-refractivity contribution in [2.75, 3.05) is 26.2 Å². The van der Waals surface area contributed by atoms with Crippen LogP contribution in [0.2, 0.25) is 0 Å². The monoisotopic (exact) mass is 415 g/mol. The summed E-state index contributed by atoms with van der Waals surface area (Å²) in [7, 11) is 0. The highest BCUT2D eigenvalue weighted by Gasteiger charge is 2.37. The zero-order valence-electron chi connectivity index (χ0n) is 16.8. The molecule has 2 aromatic rings. The van der Waals surface area contributed by atoms with Crippen LogP contribution in [0.1, 0.15) is 36.4 Å². The Morgan fingerprint density at radius 1 is 1.17 bits per heavy atom. The Morgan fingerprint density at radius 3 is 2.66 bits per heavy atom. The highest BCUT2D eigenvalue weighted by Crippen LogP contribution is 2.34. The third-order valence-electron chi connectivity index (χ3n) is 6.20. The number of halogens is 1. The maximum absolute atomic E-state index is 13.0. The normalized spacial score (nSPS) is 24.7. The molecule has 0 aromatic heterocycles. The van der Waals surface area contributed by atoms with Gasteiger partial charge in [-0.2, -0.15) is 0 Å². The predicted octanol–water partition coefficient (Wildman–Crippen LogP) is 3.11. The van der Waals surface area contributed by atoms with Crippen molar-refractivity contribution in [2.24, 2.45) is 11.7 Å². The molecule has 0 aliphatic carbocycles. The molecule has 0 spiro atoms. The molecule has 0 radical (unpaired) electrons. The fourth-order valence-electron chi connectivity index (χ4n) is 4.49. The van der Waals surface area contributed by atoms with Gasteiger partial charge < -0.3 is 15.8 Å². The summed E-state index contributed by atoms with van der Waals surface area (Å²) >= 11 is 0. The first kappa shape index (κ1) is 21.6. The maximum Gasteiger partial charge on any atom is 0.237 e. The van der Waals surface area contributed by atoms with Crippen LogP contribution >= 0.6 is 12.4 Å². The summed E-state index contributed by atoms with van der Waals surface area (Å²) in [5.41, 5.74) is 8.44. The lowest BCUT2D eigenvalue weighted by Gasteiger charge is -2.30. The number of hydrogen-bond acceptors (Lipinski definition) is 4. The topological polar surface area (TPSA) is 67.6 Å². The van der Waals surface area contributed by atoms with E-state index in [1.807, 2.05) is 37.3 Å². The Balaban J connectivity index is 0.00000240. The number of likely N-dealkylation sites (tertiary alicyclic amines) is 1. The van der Waals surface area contributed by atoms with Crippen LogP contribution in [-0.2, 0) is 4.79 Å². The molecule has 3 N–H and O–H groups in total. The largest absolute Gasteiger partial charge is 0.493 e. The van der Waals surface area contributed by atoms with Gasteiger partial charge in [0, 0.05) is 31.0 Å². The minimum atomic E-state index is -0.183. The van der Waals surface area contributed by atoms with Gasteiger partial charge in [0.15, 0.2) is 0 Å². The van der Waals surface area contributed by atoms with Crippen LogP contribution in [0.5, 0.6) is 5.75 Å². The number of carbonyl (C=O) groups is 1. The number of nitrogens with zero attached hydrogens (tertiary/aromatic N) is 1. The highest BCUT2D eigenvalue weighted by molar-refractivity contribution is 5.85. The Labute approximate surface area is 179 Å². The molecule has 2 aliphatic heterocycles. The summed E-state index contributed by atoms with van der Waals surface area (Å²) in [5, 5.41) is 3.25. The third-order valence-corrected chi connectivity index (χ3v) is 6.20. The van der Waals surface area contributed by atoms with Crippen molar-refractivity contribution in [1.82, 2.24) is 10.2 Å². The van der Waals surface area contributed by atoms with Gasteiger partial charge in [0.25, 0.3) is 0 Å². The molecule has 6 heteroatoms. The second-order valence-corrected chi connectivity index (χ2v) is 7.88. The summed E-state index contributed by atoms with van der Waals surface area (Å²) < 4.78 is 5.71. The van der Waals surface area contributed by atoms with E-state index in [-0.39, 0.29) is 30.4 Å². The zero-order chi connectivity index (χ0) is 19.5. The molecule has 29 heavy (non-hydrogen) atoms. The van der Waals surface area contributed by atoms with E-state index in [4.69, 9.17) is 10.5 Å². The Hall–Kier alpha value is -2.08. The number of para-hydroxylation sites is 1. The molecule has 1 fully saturated rings. The van der Waals surface area contributed by atoms with E-state index in [0.717, 1.165) is 30.8 Å². The minimum Gasteiger partial charge on any atom is -0.493 e. The van der Waals surface area contributed by atoms with Crippen LogP contribution in [0.4, 0.5) is 0 Å². The van der Waals surface area contributed by atoms with Crippen molar-refractivity contribution < 1.29 is 9.53 Å². The summed E-state index contributed by atoms with van der Waals surface area (Å²) in [5.74, 6) is 1.71. The van der Waals surface area contributed by atoms with Crippen molar-refractivity contribution in [2.45, 2.75) is 31.3 Å². The lowest BCUT2D eigenvalue weighted by atomic mass is 9.89. The van der Waals surface area contributed by atoms with E-state index in [2.05, 4.69) is 34.5 Å². The van der Waals surface area contributed by atoms with Crippen molar-refractivity contribution in [3.63, 3.8) is 0 Å². The Kier molecular flexibility index (Phi) is 7.17. The van der Waals surface area contributed by atoms with Crippen LogP contribution in [-0.4, -0.2) is 43.1 Å². The van der Waals surface area contributed by atoms with Gasteiger partial charge in [-0.15, -0.1) is 12.4 Å². The molecule has 1 saturated heterocycles. The fourth-order valence-corrected chi connectivity index (χ4v) is 4.49. The van der Waals surface area contributed by atoms with E-state index in [0.29, 0.717) is 25.0 Å². The van der Waals surface area contributed by atoms with E-state index in [9.17, 15) is 4.79 Å². The van der Waals surface area contributed by atoms with Crippen LogP contribution in [0, 0.1) is 5.92 Å². The SMILES string of the molecule is CC(C(=O)NC1CCOc2ccccc21)N1C[C@@H](CN)[C@H](c2ccccc2)C1.Cl. The van der Waals surface area contributed by atoms with E-state index < -0.39 is 0 Å². The standard InChI is InChI=1S/C23H29N3O2.ClH/c1-16(23(27)25-21-11-12-28-22-10-6-5-9-19(21)22)26-14-18(13-24)20(15-26)17-7-3-2-4-8-17;/h2-10,16,18,20-21H,11-15,24H2,1H3,(H,25,27);1H/t16?,18-,20+,21?;/m1./s1. The van der Waals surface area contributed by atoms with Crippen LogP contribution in [0.3, 0.4) is 0 Å². The second-order valence-electron chi connectivity index (χ2n) is 7.88. The number of benzene rings is 2. The average molecular weight is 416 g/mol. The van der Waals surface area contributed by atoms with Gasteiger partial charge in [-0.05, 0) is 31.0 Å². The number of hydrogen-bond donors (Lipinski definition) is 2. The lowest BCUT2D eigenvalue weighted by Crippen LogP contribution is -2.46. The quantitative estimate of drug-likeness (QED) is 0.787. The number of fused-ring (bicyclic) bond motifs is 1. The predicted molar refractivity (Wildman–Crippen MR) is 117 cm³/mol. The third kappa shape index (κ3) is 4.58. The summed E-state index contributed by atoms with van der Waals surface area (Å²) in [6.07, 6.45) is 0.799. The van der Waals surface area contributed by atoms with Gasteiger partial charge in [0.1, 0.15) is 5.75 Å². The molecule has 5 nitrogen and oxygen atoms in total. The van der Waals surface area contributed by atoms with E-state index in [1.54, 1.807) is 0 Å². The summed E-state index contributed by atoms with van der Waals surface area (Å²) in [4.78, 5) is 15.3. The van der Waals surface area contributed by atoms with Gasteiger partial charge >= 0.3 is 0 Å². The highest BCUT2D eigenvalue weighted by atomic mass is 35.5. The first-order valence-electron chi connectivity index (χ1n) is 10.2. The molecule has 0 saturated carbocycles. The maximum atomic E-state index is 13.0. The van der Waals surface area contributed by atoms with Crippen molar-refractivity contribution in [1.29, 1.82) is 0 Å². The van der Waals surface area contributed by atoms with Crippen molar-refractivity contribution in [3.8, 4) is 5.75 Å². The van der Waals surface area contributed by atoms with Crippen LogP contribution in [0.15, 0.2) is 54.6 Å². The number of rotatable bonds is 5. The fraction of sp³-hybridized carbons (Fsp3) is 0.435. The van der Waals surface area contributed by atoms with E-state index >= 15 is 0 Å². The zero-order valence-corrected chi connectivity index (χ0v) is 17.6. The Bertz CT molecular complexity index is 817. The summed E-state index contributed by atoms with van der Waals surface area (Å²) in [6, 6.07) is 18.3. The van der Waals surface area contributed by atoms with E-state index in [1.165, 1.54) is 5.56 Å². The number of nitrogens with one attached hydrogen (secondary N) is 1. The molecular formula is C23H30ClN3O2. The number of nitrogens with two attached hydrogens (primary N) is 1. The molecule has 2 unspecified atom stereocenters. The van der Waals surface area contributed by atoms with Gasteiger partial charge in [-0.1, -0.05) is 48.5 Å². The first-order chi connectivity index (χ1) is 13.7. The molecule has 4 atom stereocenters. The molecule has 156 valence electrons. The Morgan fingerprint density at radius 2 is 1.90 bits per heavy atom. The van der Waals surface area contributed by atoms with Gasteiger partial charge in [-0.3, -0.25) is 9.69 Å². The summed E-state index contributed by atoms with van der Waals surface area (Å²) in [6.45, 7) is 4.99. The first-order valence-corrected chi connectivity index (χ1v) is 10.2. The molecule has 4 rings (SSSR count). The molecule has 2 heterocycles. The van der Waals surface area contributed by atoms with Crippen molar-refractivity contribution >= 4 is 18.3 Å². The van der Waals surface area contributed by atoms with Gasteiger partial charge in [-0.25, -0.2) is 0 Å². The second kappa shape index (κ2) is 9.61. The molecule has 2 aliphatic rings. The lowest BCUT2D eigenvalue weighted by molar-refractivity contribution is -0.126. The molecule has 2 aromatic carbocycles. The number of ether oxygens (including phenoxy) is 1. The molecular weight excluding hydrogens is 386 g/mol. The van der Waals surface area contributed by atoms with Crippen LogP contribution < -0.4 is 15.8 Å². The average Bonchev–Trinajstić information content (AvgIpc) is 3.18. The molecule has 1 amide bonds. The van der Waals surface area contributed by atoms with Gasteiger partial charge in [0.2, 0.25) is 5.91 Å². The molecule has 0 bridgehead atoms. The minimum absolute atomic E-state index is 0.